The van der Waals surface area contributed by atoms with Crippen LogP contribution >= 0.6 is 27.5 Å². The minimum Gasteiger partial charge on any atom is -0.333 e. The van der Waals surface area contributed by atoms with Crippen LogP contribution in [0.4, 0.5) is 9.18 Å². The van der Waals surface area contributed by atoms with Crippen molar-refractivity contribution in [2.75, 3.05) is 13.1 Å². The van der Waals surface area contributed by atoms with Gasteiger partial charge in [0.2, 0.25) is 0 Å². The summed E-state index contributed by atoms with van der Waals surface area (Å²) in [4.78, 5) is 19.6. The molecule has 37 heavy (non-hydrogen) atoms. The molecule has 3 heterocycles. The van der Waals surface area contributed by atoms with Crippen molar-refractivity contribution < 1.29 is 9.18 Å². The van der Waals surface area contributed by atoms with Crippen molar-refractivity contribution in [2.24, 2.45) is 0 Å². The molecule has 5 rings (SSSR count). The topological polar surface area (TPSA) is 74.0 Å². The van der Waals surface area contributed by atoms with Gasteiger partial charge in [-0.1, -0.05) is 51.8 Å². The molecule has 6 nitrogen and oxygen atoms in total. The summed E-state index contributed by atoms with van der Waals surface area (Å²) in [5.74, 6) is -0.517. The summed E-state index contributed by atoms with van der Waals surface area (Å²) in [5, 5.41) is 13.3. The predicted molar refractivity (Wildman–Crippen MR) is 146 cm³/mol. The van der Waals surface area contributed by atoms with E-state index in [1.807, 2.05) is 42.5 Å². The lowest BCUT2D eigenvalue weighted by atomic mass is 10.0. The Kier molecular flexibility index (Phi) is 7.38. The van der Waals surface area contributed by atoms with Crippen molar-refractivity contribution >= 4 is 50.5 Å². The number of fused-ring (bicyclic) bond motifs is 3. The highest BCUT2D eigenvalue weighted by molar-refractivity contribution is 9.10. The zero-order valence-electron chi connectivity index (χ0n) is 19.7. The molecule has 1 aliphatic heterocycles. The maximum absolute atomic E-state index is 13.9. The Morgan fingerprint density at radius 3 is 2.89 bits per heavy atom. The molecule has 0 bridgehead atoms. The Hall–Kier alpha value is -3.51. The molecule has 0 saturated carbocycles. The first-order valence-corrected chi connectivity index (χ1v) is 12.9. The fourth-order valence-corrected chi connectivity index (χ4v) is 5.19. The van der Waals surface area contributed by atoms with Gasteiger partial charge in [-0.05, 0) is 53.1 Å². The molecule has 2 aromatic carbocycles. The van der Waals surface area contributed by atoms with E-state index in [1.165, 1.54) is 12.1 Å². The van der Waals surface area contributed by atoms with Crippen LogP contribution < -0.4 is 5.32 Å². The molecule has 9 heteroatoms. The van der Waals surface area contributed by atoms with Gasteiger partial charge in [0.1, 0.15) is 17.0 Å². The minimum absolute atomic E-state index is 0.0392. The van der Waals surface area contributed by atoms with Crippen LogP contribution in [0, 0.1) is 17.1 Å². The van der Waals surface area contributed by atoms with Gasteiger partial charge in [-0.15, -0.1) is 0 Å². The number of aromatic nitrogens is 2. The van der Waals surface area contributed by atoms with E-state index in [0.29, 0.717) is 30.4 Å². The molecular formula is C28H22BrClFN5O. The van der Waals surface area contributed by atoms with Crippen LogP contribution in [0.25, 0.3) is 17.0 Å². The Bertz CT molecular complexity index is 1580. The Morgan fingerprint density at radius 2 is 2.11 bits per heavy atom. The van der Waals surface area contributed by atoms with Gasteiger partial charge in [-0.2, -0.15) is 5.26 Å². The molecule has 0 radical (unpaired) electrons. The number of amides is 1. The number of carbonyl (C=O) groups is 1. The van der Waals surface area contributed by atoms with E-state index in [9.17, 15) is 9.18 Å². The van der Waals surface area contributed by atoms with E-state index in [0.717, 1.165) is 45.2 Å². The summed E-state index contributed by atoms with van der Waals surface area (Å²) in [6, 6.07) is 15.8. The van der Waals surface area contributed by atoms with E-state index in [-0.39, 0.29) is 11.6 Å². The molecule has 1 aliphatic rings. The number of nitrogens with one attached hydrogen (secondary N) is 1. The van der Waals surface area contributed by atoms with Crippen LogP contribution in [0.15, 0.2) is 65.3 Å². The van der Waals surface area contributed by atoms with E-state index >= 15 is 0 Å². The van der Waals surface area contributed by atoms with Crippen molar-refractivity contribution in [2.45, 2.75) is 19.5 Å². The van der Waals surface area contributed by atoms with Gasteiger partial charge >= 0.3 is 6.03 Å². The van der Waals surface area contributed by atoms with Gasteiger partial charge in [-0.25, -0.2) is 14.2 Å². The number of nitrogens with zero attached hydrogens (tertiary/aromatic N) is 4. The number of benzene rings is 2. The third-order valence-electron chi connectivity index (χ3n) is 6.42. The smallest absolute Gasteiger partial charge is 0.326 e. The summed E-state index contributed by atoms with van der Waals surface area (Å²) >= 11 is 9.53. The average Bonchev–Trinajstić information content (AvgIpc) is 3.20. The first-order valence-electron chi connectivity index (χ1n) is 11.7. The number of pyridine rings is 1. The number of hydrogen-bond donors (Lipinski definition) is 1. The number of rotatable bonds is 5. The van der Waals surface area contributed by atoms with Crippen LogP contribution in [-0.2, 0) is 19.5 Å². The first-order chi connectivity index (χ1) is 17.9. The van der Waals surface area contributed by atoms with Crippen LogP contribution in [0.5, 0.6) is 0 Å². The Labute approximate surface area is 227 Å². The van der Waals surface area contributed by atoms with Crippen LogP contribution in [0.2, 0.25) is 5.15 Å². The highest BCUT2D eigenvalue weighted by Gasteiger charge is 2.26. The average molecular weight is 579 g/mol. The molecule has 0 atom stereocenters. The molecule has 1 N–H and O–H groups in total. The van der Waals surface area contributed by atoms with Gasteiger partial charge in [-0.3, -0.25) is 9.47 Å². The number of halogens is 3. The van der Waals surface area contributed by atoms with Crippen molar-refractivity contribution in [1.29, 1.82) is 5.26 Å². The Balaban J connectivity index is 1.35. The van der Waals surface area contributed by atoms with Gasteiger partial charge in [0.15, 0.2) is 0 Å². The van der Waals surface area contributed by atoms with E-state index < -0.39 is 5.82 Å². The normalized spacial score (nSPS) is 13.6. The number of hydrogen-bond acceptors (Lipinski definition) is 4. The van der Waals surface area contributed by atoms with Gasteiger partial charge < -0.3 is 5.32 Å². The molecule has 0 unspecified atom stereocenters. The SMILES string of the molecule is N#Cc1ccc(C=CCN2CCc3c(c4ccc(Br)cc4n3C(=O)NCc3ccnc(Cl)c3)C2)cc1F. The van der Waals surface area contributed by atoms with Gasteiger partial charge in [0.05, 0.1) is 11.1 Å². The van der Waals surface area contributed by atoms with Crippen LogP contribution in [0.3, 0.4) is 0 Å². The molecule has 0 spiro atoms. The largest absolute Gasteiger partial charge is 0.333 e. The predicted octanol–water partition coefficient (Wildman–Crippen LogP) is 6.29. The minimum atomic E-state index is -0.517. The molecular weight excluding hydrogens is 557 g/mol. The fourth-order valence-electron chi connectivity index (χ4n) is 4.65. The maximum atomic E-state index is 13.9. The lowest BCUT2D eigenvalue weighted by molar-refractivity contribution is 0.240. The van der Waals surface area contributed by atoms with Gasteiger partial charge in [0, 0.05) is 54.3 Å². The summed E-state index contributed by atoms with van der Waals surface area (Å²) in [6.07, 6.45) is 6.19. The molecule has 186 valence electrons. The third-order valence-corrected chi connectivity index (χ3v) is 7.12. The number of nitriles is 1. The summed E-state index contributed by atoms with van der Waals surface area (Å²) < 4.78 is 16.6. The second-order valence-electron chi connectivity index (χ2n) is 8.81. The first kappa shape index (κ1) is 25.2. The lowest BCUT2D eigenvalue weighted by Gasteiger charge is -2.27. The van der Waals surface area contributed by atoms with Crippen molar-refractivity contribution in [3.05, 3.63) is 104 Å². The molecule has 2 aromatic heterocycles. The summed E-state index contributed by atoms with van der Waals surface area (Å²) in [6.45, 7) is 2.50. The Morgan fingerprint density at radius 1 is 1.24 bits per heavy atom. The van der Waals surface area contributed by atoms with Crippen molar-refractivity contribution in [1.82, 2.24) is 19.8 Å². The van der Waals surface area contributed by atoms with E-state index in [2.05, 4.69) is 31.1 Å². The monoisotopic (exact) mass is 577 g/mol. The van der Waals surface area contributed by atoms with Crippen LogP contribution in [0.1, 0.15) is 27.9 Å². The zero-order chi connectivity index (χ0) is 25.9. The highest BCUT2D eigenvalue weighted by atomic mass is 79.9. The third kappa shape index (κ3) is 5.44. The molecule has 0 fully saturated rings. The molecule has 0 aliphatic carbocycles. The highest BCUT2D eigenvalue weighted by Crippen LogP contribution is 2.32. The molecule has 4 aromatic rings. The van der Waals surface area contributed by atoms with E-state index in [1.54, 1.807) is 22.9 Å². The molecule has 0 saturated heterocycles. The maximum Gasteiger partial charge on any atom is 0.326 e. The lowest BCUT2D eigenvalue weighted by Crippen LogP contribution is -2.34. The van der Waals surface area contributed by atoms with Crippen molar-refractivity contribution in [3.8, 4) is 6.07 Å². The van der Waals surface area contributed by atoms with Crippen molar-refractivity contribution in [3.63, 3.8) is 0 Å². The number of carbonyl (C=O) groups excluding carboxylic acids is 1. The zero-order valence-corrected chi connectivity index (χ0v) is 22.1. The van der Waals surface area contributed by atoms with Gasteiger partial charge in [0.25, 0.3) is 0 Å². The fraction of sp³-hybridized carbons (Fsp3) is 0.179. The second-order valence-corrected chi connectivity index (χ2v) is 10.1. The summed E-state index contributed by atoms with van der Waals surface area (Å²) in [7, 11) is 0. The second kappa shape index (κ2) is 10.9. The summed E-state index contributed by atoms with van der Waals surface area (Å²) in [5.41, 5.74) is 4.62. The quantitative estimate of drug-likeness (QED) is 0.282. The van der Waals surface area contributed by atoms with E-state index in [4.69, 9.17) is 16.9 Å². The van der Waals surface area contributed by atoms with Crippen LogP contribution in [-0.4, -0.2) is 33.6 Å². The standard InChI is InChI=1S/C28H22BrClFN5O/c29-21-5-6-22-23-17-35(10-1-2-18-3-4-20(15-32)24(31)12-18)11-8-25(23)36(26(22)14-21)28(37)34-16-19-7-9-33-27(30)13-19/h1-7,9,12-14H,8,10-11,16-17H2,(H,34,37). The molecule has 1 amide bonds.